The minimum atomic E-state index is -0.787. The molecule has 3 amide bonds. The van der Waals surface area contributed by atoms with Crippen LogP contribution in [0.5, 0.6) is 0 Å². The average Bonchev–Trinajstić information content (AvgIpc) is 2.81. The molecule has 102 valence electrons. The van der Waals surface area contributed by atoms with Gasteiger partial charge in [0.25, 0.3) is 5.91 Å². The van der Waals surface area contributed by atoms with E-state index in [1.807, 2.05) is 0 Å². The third kappa shape index (κ3) is 2.67. The van der Waals surface area contributed by atoms with Crippen LogP contribution >= 0.6 is 11.3 Å². The topological polar surface area (TPSA) is 115 Å². The number of aldehydes is 1. The summed E-state index contributed by atoms with van der Waals surface area (Å²) < 4.78 is 0. The fourth-order valence-electron chi connectivity index (χ4n) is 1.74. The normalized spacial score (nSPS) is 10.0. The summed E-state index contributed by atoms with van der Waals surface area (Å²) in [6.07, 6.45) is 0.722. The van der Waals surface area contributed by atoms with E-state index in [1.165, 1.54) is 6.07 Å². The van der Waals surface area contributed by atoms with Crippen molar-refractivity contribution in [2.75, 3.05) is 5.32 Å². The molecule has 20 heavy (non-hydrogen) atoms. The van der Waals surface area contributed by atoms with Crippen LogP contribution in [-0.4, -0.2) is 18.2 Å². The Morgan fingerprint density at radius 2 is 1.90 bits per heavy atom. The number of nitrogens with one attached hydrogen (secondary N) is 1. The zero-order valence-corrected chi connectivity index (χ0v) is 11.1. The van der Waals surface area contributed by atoms with Crippen LogP contribution in [0, 0.1) is 0 Å². The lowest BCUT2D eigenvalue weighted by Crippen LogP contribution is -2.21. The molecule has 1 aromatic heterocycles. The third-order valence-electron chi connectivity index (χ3n) is 2.59. The summed E-state index contributed by atoms with van der Waals surface area (Å²) in [7, 11) is 0. The number of rotatable bonds is 4. The molecule has 1 aromatic carbocycles. The highest BCUT2D eigenvalue weighted by Gasteiger charge is 2.17. The Bertz CT molecular complexity index is 694. The number of carbonyl (C=O) groups is 3. The van der Waals surface area contributed by atoms with E-state index < -0.39 is 11.9 Å². The van der Waals surface area contributed by atoms with Crippen LogP contribution in [0.1, 0.15) is 20.7 Å². The van der Waals surface area contributed by atoms with E-state index in [0.717, 1.165) is 17.6 Å². The van der Waals surface area contributed by atoms with E-state index in [4.69, 9.17) is 11.5 Å². The molecule has 0 unspecified atom stereocenters. The van der Waals surface area contributed by atoms with Crippen molar-refractivity contribution in [1.29, 1.82) is 0 Å². The molecule has 5 N–H and O–H groups in total. The van der Waals surface area contributed by atoms with E-state index in [2.05, 4.69) is 5.32 Å². The Kier molecular flexibility index (Phi) is 3.81. The molecule has 0 aliphatic carbocycles. The molecular formula is C13H11N3O3S. The second kappa shape index (κ2) is 5.54. The van der Waals surface area contributed by atoms with Crippen LogP contribution in [0.2, 0.25) is 0 Å². The van der Waals surface area contributed by atoms with Crippen LogP contribution < -0.4 is 16.8 Å². The third-order valence-corrected chi connectivity index (χ3v) is 3.67. The van der Waals surface area contributed by atoms with Crippen LogP contribution in [-0.2, 0) is 0 Å². The number of nitrogens with two attached hydrogens (primary N) is 2. The molecular weight excluding hydrogens is 278 g/mol. The van der Waals surface area contributed by atoms with Gasteiger partial charge in [-0.05, 0) is 6.07 Å². The van der Waals surface area contributed by atoms with Gasteiger partial charge in [0.05, 0.1) is 5.56 Å². The molecule has 0 aliphatic rings. The summed E-state index contributed by atoms with van der Waals surface area (Å²) in [6.45, 7) is 0. The predicted octanol–water partition coefficient (Wildman–Crippen LogP) is 1.82. The Labute approximate surface area is 118 Å². The van der Waals surface area contributed by atoms with Gasteiger partial charge in [-0.25, -0.2) is 4.79 Å². The fraction of sp³-hybridized carbons (Fsp3) is 0. The number of anilines is 1. The molecule has 6 nitrogen and oxygen atoms in total. The Balaban J connectivity index is 2.55. The van der Waals surface area contributed by atoms with Crippen LogP contribution in [0.25, 0.3) is 10.4 Å². The highest BCUT2D eigenvalue weighted by atomic mass is 32.1. The number of thiophene rings is 1. The summed E-state index contributed by atoms with van der Waals surface area (Å²) >= 11 is 1.13. The van der Waals surface area contributed by atoms with Crippen LogP contribution in [0.4, 0.5) is 9.80 Å². The molecule has 0 saturated carbocycles. The van der Waals surface area contributed by atoms with Gasteiger partial charge in [0.15, 0.2) is 6.29 Å². The molecule has 0 saturated heterocycles. The van der Waals surface area contributed by atoms with E-state index in [1.54, 1.807) is 24.3 Å². The van der Waals surface area contributed by atoms with Gasteiger partial charge in [0.2, 0.25) is 0 Å². The highest BCUT2D eigenvalue weighted by molar-refractivity contribution is 7.20. The zero-order chi connectivity index (χ0) is 14.7. The van der Waals surface area contributed by atoms with Crippen molar-refractivity contribution in [3.63, 3.8) is 0 Å². The first-order valence-electron chi connectivity index (χ1n) is 5.57. The van der Waals surface area contributed by atoms with Crippen LogP contribution in [0.15, 0.2) is 30.3 Å². The molecule has 0 bridgehead atoms. The molecule has 0 radical (unpaired) electrons. The highest BCUT2D eigenvalue weighted by Crippen LogP contribution is 2.36. The maximum atomic E-state index is 11.4. The largest absolute Gasteiger partial charge is 0.366 e. The standard InChI is InChI=1S/C13H11N3O3S/c14-11(18)9-5-10(20-12(9)16-13(15)19)8-4-2-1-3-7(8)6-17/h1-6H,(H2,14,18)(H3,15,16,19). The monoisotopic (exact) mass is 289 g/mol. The molecule has 0 spiro atoms. The predicted molar refractivity (Wildman–Crippen MR) is 76.9 cm³/mol. The van der Waals surface area contributed by atoms with Crippen molar-refractivity contribution < 1.29 is 14.4 Å². The summed E-state index contributed by atoms with van der Waals surface area (Å²) in [5.41, 5.74) is 11.6. The van der Waals surface area contributed by atoms with Gasteiger partial charge >= 0.3 is 6.03 Å². The quantitative estimate of drug-likeness (QED) is 0.745. The molecule has 1 heterocycles. The Morgan fingerprint density at radius 3 is 2.50 bits per heavy atom. The fourth-order valence-corrected chi connectivity index (χ4v) is 2.85. The van der Waals surface area contributed by atoms with Gasteiger partial charge in [-0.2, -0.15) is 0 Å². The summed E-state index contributed by atoms with van der Waals surface area (Å²) in [5, 5.41) is 2.62. The maximum absolute atomic E-state index is 11.4. The van der Waals surface area contributed by atoms with Crippen LogP contribution in [0.3, 0.4) is 0 Å². The van der Waals surface area contributed by atoms with Crippen molar-refractivity contribution in [1.82, 2.24) is 0 Å². The summed E-state index contributed by atoms with van der Waals surface area (Å²) in [5.74, 6) is -0.681. The van der Waals surface area contributed by atoms with Gasteiger partial charge in [-0.15, -0.1) is 11.3 Å². The van der Waals surface area contributed by atoms with Crippen molar-refractivity contribution >= 4 is 34.6 Å². The van der Waals surface area contributed by atoms with Gasteiger partial charge in [0.1, 0.15) is 5.00 Å². The van der Waals surface area contributed by atoms with E-state index >= 15 is 0 Å². The Hall–Kier alpha value is -2.67. The SMILES string of the molecule is NC(=O)Nc1sc(-c2ccccc2C=O)cc1C(N)=O. The van der Waals surface area contributed by atoms with Crippen molar-refractivity contribution in [3.05, 3.63) is 41.5 Å². The second-order valence-corrected chi connectivity index (χ2v) is 4.96. The van der Waals surface area contributed by atoms with Crippen molar-refractivity contribution in [2.24, 2.45) is 11.5 Å². The number of carbonyl (C=O) groups excluding carboxylic acids is 3. The Morgan fingerprint density at radius 1 is 1.20 bits per heavy atom. The first kappa shape index (κ1) is 13.8. The average molecular weight is 289 g/mol. The first-order valence-corrected chi connectivity index (χ1v) is 6.39. The molecule has 0 fully saturated rings. The smallest absolute Gasteiger partial charge is 0.317 e. The van der Waals surface area contributed by atoms with E-state index in [0.29, 0.717) is 16.0 Å². The molecule has 2 rings (SSSR count). The van der Waals surface area contributed by atoms with Gasteiger partial charge in [-0.3, -0.25) is 14.9 Å². The molecule has 7 heteroatoms. The number of primary amides is 2. The molecule has 0 atom stereocenters. The number of benzene rings is 1. The second-order valence-electron chi connectivity index (χ2n) is 3.91. The lowest BCUT2D eigenvalue weighted by molar-refractivity contribution is 0.100. The first-order chi connectivity index (χ1) is 9.52. The van der Waals surface area contributed by atoms with E-state index in [9.17, 15) is 14.4 Å². The zero-order valence-electron chi connectivity index (χ0n) is 10.3. The number of hydrogen-bond acceptors (Lipinski definition) is 4. The lowest BCUT2D eigenvalue weighted by atomic mass is 10.1. The number of hydrogen-bond donors (Lipinski definition) is 3. The molecule has 2 aromatic rings. The van der Waals surface area contributed by atoms with Gasteiger partial charge in [-0.1, -0.05) is 24.3 Å². The number of amides is 3. The minimum absolute atomic E-state index is 0.157. The van der Waals surface area contributed by atoms with E-state index in [-0.39, 0.29) is 10.6 Å². The maximum Gasteiger partial charge on any atom is 0.317 e. The van der Waals surface area contributed by atoms with Gasteiger partial charge in [0, 0.05) is 16.0 Å². The minimum Gasteiger partial charge on any atom is -0.366 e. The summed E-state index contributed by atoms with van der Waals surface area (Å²) in [6, 6.07) is 7.65. The number of urea groups is 1. The molecule has 0 aliphatic heterocycles. The summed E-state index contributed by atoms with van der Waals surface area (Å²) in [4.78, 5) is 34.0. The van der Waals surface area contributed by atoms with Crippen molar-refractivity contribution in [3.8, 4) is 10.4 Å². The van der Waals surface area contributed by atoms with Crippen molar-refractivity contribution in [2.45, 2.75) is 0 Å². The lowest BCUT2D eigenvalue weighted by Gasteiger charge is -2.00. The van der Waals surface area contributed by atoms with Gasteiger partial charge < -0.3 is 11.5 Å².